The Balaban J connectivity index is 1.67. The molecule has 27 heavy (non-hydrogen) atoms. The van der Waals surface area contributed by atoms with Gasteiger partial charge in [0.15, 0.2) is 5.65 Å². The number of aromatic nitrogens is 4. The van der Waals surface area contributed by atoms with Crippen molar-refractivity contribution in [2.24, 2.45) is 0 Å². The van der Waals surface area contributed by atoms with Crippen LogP contribution in [0.2, 0.25) is 0 Å². The number of hydrogen-bond acceptors (Lipinski definition) is 5. The van der Waals surface area contributed by atoms with Crippen molar-refractivity contribution in [1.29, 1.82) is 0 Å². The van der Waals surface area contributed by atoms with Gasteiger partial charge in [0, 0.05) is 46.1 Å². The zero-order chi connectivity index (χ0) is 19.8. The highest BCUT2D eigenvalue weighted by Crippen LogP contribution is 2.17. The molecule has 1 aliphatic rings. The number of fused-ring (bicyclic) bond motifs is 1. The normalized spacial score (nSPS) is 15.4. The molecule has 0 atom stereocenters. The van der Waals surface area contributed by atoms with Crippen LogP contribution in [0.3, 0.4) is 0 Å². The number of aryl methyl sites for hydroxylation is 1. The van der Waals surface area contributed by atoms with E-state index in [4.69, 9.17) is 0 Å². The lowest BCUT2D eigenvalue weighted by Gasteiger charge is -2.34. The van der Waals surface area contributed by atoms with E-state index in [1.54, 1.807) is 14.5 Å². The summed E-state index contributed by atoms with van der Waals surface area (Å²) in [6.45, 7) is 9.97. The van der Waals surface area contributed by atoms with Crippen LogP contribution < -0.4 is 5.56 Å². The highest BCUT2D eigenvalue weighted by molar-refractivity contribution is 5.77. The van der Waals surface area contributed by atoms with E-state index in [0.717, 1.165) is 0 Å². The molecule has 2 amide bonds. The Morgan fingerprint density at radius 1 is 1.11 bits per heavy atom. The Kier molecular flexibility index (Phi) is 5.03. The molecule has 2 aromatic heterocycles. The average Bonchev–Trinajstić information content (AvgIpc) is 3.06. The maximum Gasteiger partial charge on any atom is 0.264 e. The van der Waals surface area contributed by atoms with Gasteiger partial charge in [-0.3, -0.25) is 19.0 Å². The third-order valence-electron chi connectivity index (χ3n) is 4.83. The summed E-state index contributed by atoms with van der Waals surface area (Å²) < 4.78 is 3.19. The molecule has 0 spiro atoms. The van der Waals surface area contributed by atoms with Crippen molar-refractivity contribution in [3.05, 3.63) is 22.9 Å². The summed E-state index contributed by atoms with van der Waals surface area (Å²) in [7, 11) is 0. The zero-order valence-electron chi connectivity index (χ0n) is 16.3. The van der Waals surface area contributed by atoms with Crippen molar-refractivity contribution >= 4 is 22.8 Å². The maximum atomic E-state index is 12.7. The van der Waals surface area contributed by atoms with E-state index in [2.05, 4.69) is 10.1 Å². The van der Waals surface area contributed by atoms with Crippen LogP contribution in [0.25, 0.3) is 11.0 Å². The molecule has 3 heterocycles. The number of nitrogens with zero attached hydrogens (tertiary/aromatic N) is 6. The van der Waals surface area contributed by atoms with Gasteiger partial charge >= 0.3 is 0 Å². The fourth-order valence-corrected chi connectivity index (χ4v) is 3.24. The molecular weight excluding hydrogens is 348 g/mol. The fourth-order valence-electron chi connectivity index (χ4n) is 3.24. The van der Waals surface area contributed by atoms with Crippen LogP contribution in [0.5, 0.6) is 0 Å². The Morgan fingerprint density at radius 3 is 2.33 bits per heavy atom. The zero-order valence-corrected chi connectivity index (χ0v) is 16.3. The van der Waals surface area contributed by atoms with Gasteiger partial charge in [-0.15, -0.1) is 0 Å². The van der Waals surface area contributed by atoms with Crippen molar-refractivity contribution in [3.8, 4) is 0 Å². The van der Waals surface area contributed by atoms with Gasteiger partial charge < -0.3 is 9.80 Å². The van der Waals surface area contributed by atoms with Crippen LogP contribution >= 0.6 is 0 Å². The van der Waals surface area contributed by atoms with Gasteiger partial charge in [-0.25, -0.2) is 9.67 Å². The Morgan fingerprint density at radius 2 is 1.74 bits per heavy atom. The monoisotopic (exact) mass is 374 g/mol. The van der Waals surface area contributed by atoms with Crippen LogP contribution in [0, 0.1) is 0 Å². The Hall–Kier alpha value is -2.71. The van der Waals surface area contributed by atoms with Crippen LogP contribution in [-0.4, -0.2) is 67.1 Å². The van der Waals surface area contributed by atoms with Gasteiger partial charge in [0.25, 0.3) is 5.56 Å². The number of amides is 2. The van der Waals surface area contributed by atoms with E-state index in [-0.39, 0.29) is 35.9 Å². The van der Waals surface area contributed by atoms with Crippen LogP contribution in [0.15, 0.2) is 17.3 Å². The Labute approximate surface area is 157 Å². The Bertz CT molecular complexity index is 915. The molecule has 0 aromatic carbocycles. The van der Waals surface area contributed by atoms with Gasteiger partial charge in [-0.2, -0.15) is 5.10 Å². The van der Waals surface area contributed by atoms with Crippen LogP contribution in [0.4, 0.5) is 0 Å². The van der Waals surface area contributed by atoms with E-state index in [9.17, 15) is 14.4 Å². The van der Waals surface area contributed by atoms with E-state index < -0.39 is 0 Å². The smallest absolute Gasteiger partial charge is 0.264 e. The summed E-state index contributed by atoms with van der Waals surface area (Å²) >= 11 is 0. The van der Waals surface area contributed by atoms with Gasteiger partial charge in [-0.1, -0.05) is 0 Å². The van der Waals surface area contributed by atoms with Gasteiger partial charge in [-0.05, 0) is 20.8 Å². The first-order valence-corrected chi connectivity index (χ1v) is 9.15. The number of rotatable bonds is 3. The molecule has 9 heteroatoms. The topological polar surface area (TPSA) is 93.3 Å². The fraction of sp³-hybridized carbons (Fsp3) is 0.611. The SMILES string of the molecule is CC(=O)N1CCN(C(=O)CCn2cnc3c(cnn3C(C)(C)C)c2=O)CC1. The molecule has 3 rings (SSSR count). The molecule has 0 aliphatic carbocycles. The first kappa shape index (κ1) is 19.1. The first-order valence-electron chi connectivity index (χ1n) is 9.15. The number of carbonyl (C=O) groups excluding carboxylic acids is 2. The molecule has 0 saturated carbocycles. The largest absolute Gasteiger partial charge is 0.339 e. The van der Waals surface area contributed by atoms with Crippen molar-refractivity contribution < 1.29 is 9.59 Å². The first-order chi connectivity index (χ1) is 12.7. The summed E-state index contributed by atoms with van der Waals surface area (Å²) in [5.74, 6) is 0.0133. The van der Waals surface area contributed by atoms with Crippen molar-refractivity contribution in [2.45, 2.75) is 46.2 Å². The predicted octanol–water partition coefficient (Wildman–Crippen LogP) is 0.429. The molecule has 1 saturated heterocycles. The summed E-state index contributed by atoms with van der Waals surface area (Å²) in [6, 6.07) is 0. The second-order valence-corrected chi connectivity index (χ2v) is 7.84. The third-order valence-corrected chi connectivity index (χ3v) is 4.83. The van der Waals surface area contributed by atoms with E-state index in [1.165, 1.54) is 24.0 Å². The minimum atomic E-state index is -0.272. The second-order valence-electron chi connectivity index (χ2n) is 7.84. The van der Waals surface area contributed by atoms with Crippen LogP contribution in [0.1, 0.15) is 34.1 Å². The third kappa shape index (κ3) is 3.86. The summed E-state index contributed by atoms with van der Waals surface area (Å²) in [5.41, 5.74) is 0.0888. The van der Waals surface area contributed by atoms with E-state index >= 15 is 0 Å². The molecule has 9 nitrogen and oxygen atoms in total. The lowest BCUT2D eigenvalue weighted by atomic mass is 10.1. The highest BCUT2D eigenvalue weighted by Gasteiger charge is 2.23. The average molecular weight is 374 g/mol. The quantitative estimate of drug-likeness (QED) is 0.777. The maximum absolute atomic E-state index is 12.7. The molecule has 1 aliphatic heterocycles. The molecule has 2 aromatic rings. The number of hydrogen-bond donors (Lipinski definition) is 0. The standard InChI is InChI=1S/C18H26N6O3/c1-13(25)21-7-9-22(10-8-21)15(26)5-6-23-12-19-16-14(17(23)27)11-20-24(16)18(2,3)4/h11-12H,5-10H2,1-4H3. The lowest BCUT2D eigenvalue weighted by Crippen LogP contribution is -2.50. The number of carbonyl (C=O) groups is 2. The van der Waals surface area contributed by atoms with Crippen molar-refractivity contribution in [3.63, 3.8) is 0 Å². The number of piperazine rings is 1. The second kappa shape index (κ2) is 7.13. The molecule has 1 fully saturated rings. The lowest BCUT2D eigenvalue weighted by molar-refractivity contribution is -0.138. The molecule has 146 valence electrons. The van der Waals surface area contributed by atoms with Gasteiger partial charge in [0.05, 0.1) is 18.1 Å². The molecular formula is C18H26N6O3. The molecule has 0 bridgehead atoms. The van der Waals surface area contributed by atoms with E-state index in [0.29, 0.717) is 37.2 Å². The summed E-state index contributed by atoms with van der Waals surface area (Å²) in [6.07, 6.45) is 3.24. The highest BCUT2D eigenvalue weighted by atomic mass is 16.2. The van der Waals surface area contributed by atoms with Gasteiger partial charge in [0.2, 0.25) is 11.8 Å². The molecule has 0 unspecified atom stereocenters. The molecule has 0 N–H and O–H groups in total. The minimum Gasteiger partial charge on any atom is -0.339 e. The minimum absolute atomic E-state index is 0.0180. The van der Waals surface area contributed by atoms with Crippen molar-refractivity contribution in [2.75, 3.05) is 26.2 Å². The molecule has 0 radical (unpaired) electrons. The van der Waals surface area contributed by atoms with Crippen LogP contribution in [-0.2, 0) is 21.7 Å². The summed E-state index contributed by atoms with van der Waals surface area (Å²) in [5, 5.41) is 4.75. The van der Waals surface area contributed by atoms with Crippen molar-refractivity contribution in [1.82, 2.24) is 29.1 Å². The van der Waals surface area contributed by atoms with E-state index in [1.807, 2.05) is 20.8 Å². The predicted molar refractivity (Wildman–Crippen MR) is 100 cm³/mol. The van der Waals surface area contributed by atoms with Gasteiger partial charge in [0.1, 0.15) is 5.39 Å². The summed E-state index contributed by atoms with van der Waals surface area (Å²) in [4.78, 5) is 44.3.